The van der Waals surface area contributed by atoms with Crippen molar-refractivity contribution in [1.29, 1.82) is 0 Å². The van der Waals surface area contributed by atoms with Gasteiger partial charge in [-0.15, -0.1) is 0 Å². The smallest absolute Gasteiger partial charge is 0.310 e. The number of esters is 1. The highest BCUT2D eigenvalue weighted by atomic mass is 16.5. The van der Waals surface area contributed by atoms with Crippen LogP contribution in [-0.4, -0.2) is 23.1 Å². The van der Waals surface area contributed by atoms with Crippen LogP contribution in [0.4, 0.5) is 0 Å². The lowest BCUT2D eigenvalue weighted by atomic mass is 9.96. The second-order valence-electron chi connectivity index (χ2n) is 5.27. The van der Waals surface area contributed by atoms with E-state index in [1.807, 2.05) is 13.8 Å². The number of rotatable bonds is 10. The van der Waals surface area contributed by atoms with Crippen LogP contribution in [0.3, 0.4) is 0 Å². The molecule has 0 aliphatic carbocycles. The van der Waals surface area contributed by atoms with Gasteiger partial charge in [-0.2, -0.15) is 0 Å². The summed E-state index contributed by atoms with van der Waals surface area (Å²) < 4.78 is 5.31. The Morgan fingerprint density at radius 1 is 1.05 bits per heavy atom. The Balaban J connectivity index is 4.33. The molecule has 4 nitrogen and oxygen atoms in total. The minimum Gasteiger partial charge on any atom is -0.481 e. The van der Waals surface area contributed by atoms with Gasteiger partial charge in [0.2, 0.25) is 0 Å². The van der Waals surface area contributed by atoms with Crippen molar-refractivity contribution in [3.63, 3.8) is 0 Å². The van der Waals surface area contributed by atoms with Crippen LogP contribution >= 0.6 is 0 Å². The second kappa shape index (κ2) is 9.82. The van der Waals surface area contributed by atoms with E-state index < -0.39 is 18.0 Å². The summed E-state index contributed by atoms with van der Waals surface area (Å²) in [5, 5.41) is 9.17. The van der Waals surface area contributed by atoms with Crippen molar-refractivity contribution < 1.29 is 19.4 Å². The first kappa shape index (κ1) is 17.9. The van der Waals surface area contributed by atoms with Gasteiger partial charge in [0.1, 0.15) is 6.10 Å². The van der Waals surface area contributed by atoms with Gasteiger partial charge in [-0.25, -0.2) is 0 Å². The summed E-state index contributed by atoms with van der Waals surface area (Å²) in [5.41, 5.74) is 0. The van der Waals surface area contributed by atoms with Crippen LogP contribution in [-0.2, 0) is 14.3 Å². The third kappa shape index (κ3) is 7.19. The molecule has 3 unspecified atom stereocenters. The monoisotopic (exact) mass is 272 g/mol. The van der Waals surface area contributed by atoms with Crippen molar-refractivity contribution in [2.24, 2.45) is 11.8 Å². The van der Waals surface area contributed by atoms with Crippen molar-refractivity contribution >= 4 is 11.9 Å². The van der Waals surface area contributed by atoms with Crippen molar-refractivity contribution in [1.82, 2.24) is 0 Å². The maximum atomic E-state index is 11.8. The fourth-order valence-corrected chi connectivity index (χ4v) is 1.99. The lowest BCUT2D eigenvalue weighted by Crippen LogP contribution is -2.32. The van der Waals surface area contributed by atoms with Gasteiger partial charge in [-0.05, 0) is 19.8 Å². The van der Waals surface area contributed by atoms with Crippen LogP contribution in [0, 0.1) is 11.8 Å². The Bertz CT molecular complexity index is 275. The van der Waals surface area contributed by atoms with Crippen LogP contribution in [0.15, 0.2) is 0 Å². The first-order chi connectivity index (χ1) is 8.93. The molecule has 1 N–H and O–H groups in total. The first-order valence-corrected chi connectivity index (χ1v) is 7.37. The normalized spacial score (nSPS) is 15.6. The van der Waals surface area contributed by atoms with Crippen LogP contribution in [0.5, 0.6) is 0 Å². The third-order valence-electron chi connectivity index (χ3n) is 3.45. The molecular weight excluding hydrogens is 244 g/mol. The van der Waals surface area contributed by atoms with Crippen molar-refractivity contribution in [2.75, 3.05) is 0 Å². The highest BCUT2D eigenvalue weighted by molar-refractivity contribution is 5.74. The molecule has 0 fully saturated rings. The van der Waals surface area contributed by atoms with Crippen LogP contribution in [0.1, 0.15) is 66.2 Å². The second-order valence-corrected chi connectivity index (χ2v) is 5.27. The van der Waals surface area contributed by atoms with Crippen molar-refractivity contribution in [3.05, 3.63) is 0 Å². The molecule has 0 saturated carbocycles. The Labute approximate surface area is 116 Å². The first-order valence-electron chi connectivity index (χ1n) is 7.37. The van der Waals surface area contributed by atoms with E-state index >= 15 is 0 Å². The van der Waals surface area contributed by atoms with E-state index in [9.17, 15) is 14.7 Å². The lowest BCUT2D eigenvalue weighted by molar-refractivity contribution is -0.161. The van der Waals surface area contributed by atoms with E-state index in [0.717, 1.165) is 32.1 Å². The van der Waals surface area contributed by atoms with Crippen LogP contribution < -0.4 is 0 Å². The minimum atomic E-state index is -0.880. The maximum absolute atomic E-state index is 11.8. The molecular formula is C15H28O4. The summed E-state index contributed by atoms with van der Waals surface area (Å²) in [4.78, 5) is 23.0. The molecule has 0 saturated heterocycles. The van der Waals surface area contributed by atoms with E-state index in [2.05, 4.69) is 6.92 Å². The molecule has 0 spiro atoms. The van der Waals surface area contributed by atoms with E-state index in [1.54, 1.807) is 6.92 Å². The maximum Gasteiger partial charge on any atom is 0.310 e. The summed E-state index contributed by atoms with van der Waals surface area (Å²) >= 11 is 0. The number of unbranched alkanes of at least 4 members (excludes halogenated alkanes) is 2. The summed E-state index contributed by atoms with van der Waals surface area (Å²) in [5.74, 6) is -1.90. The summed E-state index contributed by atoms with van der Waals surface area (Å²) in [6.45, 7) is 7.61. The number of hydrogen-bond acceptors (Lipinski definition) is 3. The summed E-state index contributed by atoms with van der Waals surface area (Å²) in [6.07, 6.45) is 4.62. The molecule has 19 heavy (non-hydrogen) atoms. The van der Waals surface area contributed by atoms with Gasteiger partial charge in [0.25, 0.3) is 0 Å². The average Bonchev–Trinajstić information content (AvgIpc) is 2.35. The molecule has 4 heteroatoms. The molecule has 3 atom stereocenters. The standard InChI is InChI=1S/C15H28O4/c1-5-7-9-11(3)15(18)19-12(4)13(14(16)17)10-8-6-2/h11-13H,5-10H2,1-4H3,(H,16,17). The zero-order chi connectivity index (χ0) is 14.8. The topological polar surface area (TPSA) is 63.6 Å². The largest absolute Gasteiger partial charge is 0.481 e. The van der Waals surface area contributed by atoms with Crippen LogP contribution in [0.2, 0.25) is 0 Å². The molecule has 0 amide bonds. The van der Waals surface area contributed by atoms with Crippen LogP contribution in [0.25, 0.3) is 0 Å². The predicted molar refractivity (Wildman–Crippen MR) is 74.9 cm³/mol. The Hall–Kier alpha value is -1.06. The molecule has 0 aliphatic rings. The molecule has 0 bridgehead atoms. The van der Waals surface area contributed by atoms with E-state index in [-0.39, 0.29) is 11.9 Å². The van der Waals surface area contributed by atoms with Crippen molar-refractivity contribution in [3.8, 4) is 0 Å². The molecule has 0 heterocycles. The molecule has 0 aromatic heterocycles. The average molecular weight is 272 g/mol. The van der Waals surface area contributed by atoms with Gasteiger partial charge in [0.05, 0.1) is 11.8 Å². The van der Waals surface area contributed by atoms with Gasteiger partial charge in [0, 0.05) is 0 Å². The molecule has 0 aliphatic heterocycles. The number of carboxylic acid groups (broad SMARTS) is 1. The fraction of sp³-hybridized carbons (Fsp3) is 0.867. The predicted octanol–water partition coefficient (Wildman–Crippen LogP) is 3.64. The van der Waals surface area contributed by atoms with Crippen molar-refractivity contribution in [2.45, 2.75) is 72.3 Å². The highest BCUT2D eigenvalue weighted by Crippen LogP contribution is 2.19. The fourth-order valence-electron chi connectivity index (χ4n) is 1.99. The SMILES string of the molecule is CCCCC(C)C(=O)OC(C)C(CCCC)C(=O)O. The van der Waals surface area contributed by atoms with Gasteiger partial charge >= 0.3 is 11.9 Å². The van der Waals surface area contributed by atoms with E-state index in [0.29, 0.717) is 6.42 Å². The quantitative estimate of drug-likeness (QED) is 0.617. The highest BCUT2D eigenvalue weighted by Gasteiger charge is 2.28. The van der Waals surface area contributed by atoms with Gasteiger partial charge in [-0.1, -0.05) is 46.5 Å². The van der Waals surface area contributed by atoms with Gasteiger partial charge in [0.15, 0.2) is 0 Å². The van der Waals surface area contributed by atoms with E-state index in [4.69, 9.17) is 4.74 Å². The number of aliphatic carboxylic acids is 1. The Morgan fingerprint density at radius 3 is 2.05 bits per heavy atom. The minimum absolute atomic E-state index is 0.150. The molecule has 0 aromatic rings. The summed E-state index contributed by atoms with van der Waals surface area (Å²) in [6, 6.07) is 0. The zero-order valence-electron chi connectivity index (χ0n) is 12.6. The van der Waals surface area contributed by atoms with E-state index in [1.165, 1.54) is 0 Å². The molecule has 112 valence electrons. The number of ether oxygens (including phenoxy) is 1. The Morgan fingerprint density at radius 2 is 1.58 bits per heavy atom. The number of carbonyl (C=O) groups is 2. The van der Waals surface area contributed by atoms with Gasteiger partial charge in [-0.3, -0.25) is 9.59 Å². The summed E-state index contributed by atoms with van der Waals surface area (Å²) in [7, 11) is 0. The Kier molecular flexibility index (Phi) is 9.27. The third-order valence-corrected chi connectivity index (χ3v) is 3.45. The molecule has 0 rings (SSSR count). The molecule has 0 aromatic carbocycles. The lowest BCUT2D eigenvalue weighted by Gasteiger charge is -2.22. The number of carbonyl (C=O) groups excluding carboxylic acids is 1. The number of hydrogen-bond donors (Lipinski definition) is 1. The van der Waals surface area contributed by atoms with Gasteiger partial charge < -0.3 is 9.84 Å². The molecule has 0 radical (unpaired) electrons. The zero-order valence-corrected chi connectivity index (χ0v) is 12.6. The number of carboxylic acids is 1.